The Hall–Kier alpha value is -2.40. The molecule has 0 spiro atoms. The predicted molar refractivity (Wildman–Crippen MR) is 95.1 cm³/mol. The lowest BCUT2D eigenvalue weighted by Gasteiger charge is -2.24. The van der Waals surface area contributed by atoms with Crippen molar-refractivity contribution in [2.24, 2.45) is 0 Å². The van der Waals surface area contributed by atoms with Crippen LogP contribution in [0, 0.1) is 6.92 Å². The molecule has 0 fully saturated rings. The molecule has 0 aliphatic carbocycles. The number of rotatable bonds is 2. The maximum atomic E-state index is 4.38. The Morgan fingerprint density at radius 1 is 1.13 bits per heavy atom. The summed E-state index contributed by atoms with van der Waals surface area (Å²) in [4.78, 5) is 4.34. The predicted octanol–water partition coefficient (Wildman–Crippen LogP) is 4.41. The maximum Gasteiger partial charge on any atom is 0.226 e. The quantitative estimate of drug-likeness (QED) is 0.730. The van der Waals surface area contributed by atoms with E-state index in [0.717, 1.165) is 21.7 Å². The first kappa shape index (κ1) is 14.2. The summed E-state index contributed by atoms with van der Waals surface area (Å²) in [5.74, 6) is 0.761. The number of hydrogen-bond donors (Lipinski definition) is 1. The molecule has 114 valence electrons. The zero-order valence-corrected chi connectivity index (χ0v) is 14.2. The highest BCUT2D eigenvalue weighted by atomic mass is 79.9. The molecule has 5 heteroatoms. The van der Waals surface area contributed by atoms with E-state index in [-0.39, 0.29) is 6.04 Å². The summed E-state index contributed by atoms with van der Waals surface area (Å²) >= 11 is 3.48. The third kappa shape index (κ3) is 2.68. The van der Waals surface area contributed by atoms with Gasteiger partial charge in [0.1, 0.15) is 12.4 Å². The van der Waals surface area contributed by atoms with Crippen molar-refractivity contribution < 1.29 is 0 Å². The van der Waals surface area contributed by atoms with Gasteiger partial charge in [0.25, 0.3) is 0 Å². The molecular formula is C18H15BrN4. The van der Waals surface area contributed by atoms with Gasteiger partial charge in [0.15, 0.2) is 0 Å². The van der Waals surface area contributed by atoms with E-state index in [1.54, 1.807) is 6.33 Å². The van der Waals surface area contributed by atoms with Crippen LogP contribution in [0.3, 0.4) is 0 Å². The Kier molecular flexibility index (Phi) is 3.50. The molecule has 0 saturated carbocycles. The molecule has 1 N–H and O–H groups in total. The van der Waals surface area contributed by atoms with Crippen LogP contribution in [-0.2, 0) is 0 Å². The Morgan fingerprint density at radius 3 is 2.74 bits per heavy atom. The highest BCUT2D eigenvalue weighted by Crippen LogP contribution is 2.32. The molecule has 4 rings (SSSR count). The zero-order chi connectivity index (χ0) is 15.8. The molecule has 4 nitrogen and oxygen atoms in total. The van der Waals surface area contributed by atoms with Gasteiger partial charge in [-0.15, -0.1) is 0 Å². The van der Waals surface area contributed by atoms with Gasteiger partial charge in [0.05, 0.1) is 0 Å². The van der Waals surface area contributed by atoms with Crippen LogP contribution in [0.1, 0.15) is 22.7 Å². The van der Waals surface area contributed by atoms with Gasteiger partial charge in [0, 0.05) is 10.2 Å². The van der Waals surface area contributed by atoms with E-state index in [4.69, 9.17) is 0 Å². The fraction of sp³-hybridized carbons (Fsp3) is 0.111. The molecule has 1 unspecified atom stereocenters. The maximum absolute atomic E-state index is 4.38. The molecule has 2 heterocycles. The van der Waals surface area contributed by atoms with E-state index in [9.17, 15) is 0 Å². The first-order chi connectivity index (χ1) is 11.2. The van der Waals surface area contributed by atoms with Gasteiger partial charge in [-0.2, -0.15) is 10.1 Å². The van der Waals surface area contributed by atoms with Crippen molar-refractivity contribution in [1.82, 2.24) is 14.8 Å². The number of nitrogens with zero attached hydrogens (tertiary/aromatic N) is 3. The third-order valence-electron chi connectivity index (χ3n) is 3.95. The van der Waals surface area contributed by atoms with Crippen LogP contribution >= 0.6 is 15.9 Å². The van der Waals surface area contributed by atoms with Gasteiger partial charge >= 0.3 is 0 Å². The van der Waals surface area contributed by atoms with Crippen LogP contribution in [0.4, 0.5) is 5.95 Å². The summed E-state index contributed by atoms with van der Waals surface area (Å²) in [6.07, 6.45) is 3.78. The smallest absolute Gasteiger partial charge is 0.226 e. The van der Waals surface area contributed by atoms with Crippen LogP contribution in [0.5, 0.6) is 0 Å². The third-order valence-corrected chi connectivity index (χ3v) is 4.48. The topological polar surface area (TPSA) is 42.7 Å². The molecule has 1 atom stereocenters. The van der Waals surface area contributed by atoms with Crippen LogP contribution < -0.4 is 5.32 Å². The van der Waals surface area contributed by atoms with Crippen molar-refractivity contribution in [1.29, 1.82) is 0 Å². The minimum Gasteiger partial charge on any atom is -0.324 e. The highest BCUT2D eigenvalue weighted by Gasteiger charge is 2.23. The number of allylic oxidation sites excluding steroid dienone is 1. The van der Waals surface area contributed by atoms with E-state index in [1.165, 1.54) is 11.1 Å². The second-order valence-corrected chi connectivity index (χ2v) is 6.52. The van der Waals surface area contributed by atoms with E-state index < -0.39 is 0 Å². The summed E-state index contributed by atoms with van der Waals surface area (Å²) in [7, 11) is 0. The van der Waals surface area contributed by atoms with E-state index >= 15 is 0 Å². The van der Waals surface area contributed by atoms with Gasteiger partial charge in [-0.3, -0.25) is 0 Å². The molecule has 23 heavy (non-hydrogen) atoms. The summed E-state index contributed by atoms with van der Waals surface area (Å²) < 4.78 is 2.98. The summed E-state index contributed by atoms with van der Waals surface area (Å²) in [5, 5.41) is 7.74. The molecule has 3 aromatic rings. The number of anilines is 1. The number of nitrogens with one attached hydrogen (secondary N) is 1. The molecule has 0 amide bonds. The minimum atomic E-state index is 0.0345. The largest absolute Gasteiger partial charge is 0.324 e. The fourth-order valence-corrected chi connectivity index (χ4v) is 3.09. The molecule has 0 bridgehead atoms. The van der Waals surface area contributed by atoms with Crippen molar-refractivity contribution >= 4 is 27.6 Å². The van der Waals surface area contributed by atoms with Crippen molar-refractivity contribution in [3.8, 4) is 0 Å². The van der Waals surface area contributed by atoms with Crippen molar-refractivity contribution in [2.45, 2.75) is 13.0 Å². The van der Waals surface area contributed by atoms with E-state index in [1.807, 2.05) is 16.8 Å². The molecule has 1 aromatic heterocycles. The molecule has 1 aliphatic heterocycles. The Labute approximate surface area is 143 Å². The number of halogens is 1. The number of aryl methyl sites for hydroxylation is 1. The zero-order valence-electron chi connectivity index (χ0n) is 12.6. The van der Waals surface area contributed by atoms with Gasteiger partial charge in [0.2, 0.25) is 5.95 Å². The summed E-state index contributed by atoms with van der Waals surface area (Å²) in [6.45, 7) is 2.10. The second kappa shape index (κ2) is 5.66. The average Bonchev–Trinajstić information content (AvgIpc) is 3.03. The SMILES string of the molecule is Cc1cccc(C2C=C(c3ccc(Br)cc3)Nc3ncnn32)c1. The van der Waals surface area contributed by atoms with E-state index in [0.29, 0.717) is 0 Å². The van der Waals surface area contributed by atoms with E-state index in [2.05, 4.69) is 80.7 Å². The highest BCUT2D eigenvalue weighted by molar-refractivity contribution is 9.10. The second-order valence-electron chi connectivity index (χ2n) is 5.60. The monoisotopic (exact) mass is 366 g/mol. The Morgan fingerprint density at radius 2 is 1.96 bits per heavy atom. The van der Waals surface area contributed by atoms with Crippen LogP contribution in [0.25, 0.3) is 5.70 Å². The Bertz CT molecular complexity index is 880. The normalized spacial score (nSPS) is 16.4. The minimum absolute atomic E-state index is 0.0345. The van der Waals surface area contributed by atoms with Gasteiger partial charge in [-0.25, -0.2) is 4.68 Å². The lowest BCUT2D eigenvalue weighted by Crippen LogP contribution is -2.20. The summed E-state index contributed by atoms with van der Waals surface area (Å²) in [5.41, 5.74) is 4.61. The molecule has 0 saturated heterocycles. The first-order valence-corrected chi connectivity index (χ1v) is 8.21. The average molecular weight is 367 g/mol. The fourth-order valence-electron chi connectivity index (χ4n) is 2.82. The van der Waals surface area contributed by atoms with Gasteiger partial charge in [-0.1, -0.05) is 57.9 Å². The van der Waals surface area contributed by atoms with Crippen molar-refractivity contribution in [3.63, 3.8) is 0 Å². The number of aromatic nitrogens is 3. The number of fused-ring (bicyclic) bond motifs is 1. The first-order valence-electron chi connectivity index (χ1n) is 7.41. The molecular weight excluding hydrogens is 352 g/mol. The Balaban J connectivity index is 1.81. The number of hydrogen-bond acceptors (Lipinski definition) is 3. The number of benzene rings is 2. The standard InChI is InChI=1S/C18H15BrN4/c1-12-3-2-4-14(9-12)17-10-16(13-5-7-15(19)8-6-13)22-18-20-11-21-23(17)18/h2-11,17H,1H3,(H,20,21,22). The van der Waals surface area contributed by atoms with Crippen LogP contribution in [0.15, 0.2) is 65.4 Å². The molecule has 1 aliphatic rings. The van der Waals surface area contributed by atoms with Crippen molar-refractivity contribution in [2.75, 3.05) is 5.32 Å². The van der Waals surface area contributed by atoms with Crippen LogP contribution in [-0.4, -0.2) is 14.8 Å². The van der Waals surface area contributed by atoms with Gasteiger partial charge in [-0.05, 0) is 36.3 Å². The summed E-state index contributed by atoms with van der Waals surface area (Å²) in [6, 6.07) is 16.8. The van der Waals surface area contributed by atoms with Crippen molar-refractivity contribution in [3.05, 3.63) is 82.1 Å². The van der Waals surface area contributed by atoms with Crippen LogP contribution in [0.2, 0.25) is 0 Å². The lowest BCUT2D eigenvalue weighted by molar-refractivity contribution is 0.611. The molecule has 2 aromatic carbocycles. The van der Waals surface area contributed by atoms with Gasteiger partial charge < -0.3 is 5.32 Å². The lowest BCUT2D eigenvalue weighted by atomic mass is 10.0. The molecule has 0 radical (unpaired) electrons.